The van der Waals surface area contributed by atoms with Gasteiger partial charge in [0.15, 0.2) is 5.79 Å². The van der Waals surface area contributed by atoms with Crippen LogP contribution in [-0.4, -0.2) is 57.0 Å². The highest BCUT2D eigenvalue weighted by Gasteiger charge is 2.46. The number of ether oxygens (including phenoxy) is 2. The molecule has 0 bridgehead atoms. The average molecular weight is 280 g/mol. The molecule has 0 saturated carbocycles. The number of hydrogen-bond donors (Lipinski definition) is 2. The fraction of sp³-hybridized carbons (Fsp3) is 1.00. The molecule has 2 aliphatic rings. The van der Waals surface area contributed by atoms with E-state index in [1.807, 2.05) is 13.8 Å². The number of aliphatic hydroxyl groups excluding tert-OH is 2. The van der Waals surface area contributed by atoms with Crippen molar-refractivity contribution in [3.63, 3.8) is 0 Å². The molecule has 2 rings (SSSR count). The van der Waals surface area contributed by atoms with Gasteiger partial charge in [-0.2, -0.15) is 0 Å². The van der Waals surface area contributed by atoms with E-state index in [2.05, 4.69) is 0 Å². The second kappa shape index (κ2) is 5.67. The summed E-state index contributed by atoms with van der Waals surface area (Å²) in [5.41, 5.74) is 0. The van der Waals surface area contributed by atoms with Gasteiger partial charge < -0.3 is 19.7 Å². The molecular weight excluding hydrogens is 260 g/mol. The van der Waals surface area contributed by atoms with Gasteiger partial charge in [-0.3, -0.25) is 0 Å². The Balaban J connectivity index is 1.99. The maximum Gasteiger partial charge on any atom is 0.164 e. The first-order valence-electron chi connectivity index (χ1n) is 5.91. The van der Waals surface area contributed by atoms with Gasteiger partial charge in [0, 0.05) is 0 Å². The van der Waals surface area contributed by atoms with Crippen molar-refractivity contribution in [3.8, 4) is 0 Å². The molecule has 4 nitrogen and oxygen atoms in total. The monoisotopic (exact) mass is 280 g/mol. The zero-order valence-electron chi connectivity index (χ0n) is 10.2. The van der Waals surface area contributed by atoms with Crippen LogP contribution in [-0.2, 0) is 9.47 Å². The first-order valence-corrected chi connectivity index (χ1v) is 8.01. The van der Waals surface area contributed by atoms with Gasteiger partial charge in [-0.15, -0.1) is 23.5 Å². The fourth-order valence-electron chi connectivity index (χ4n) is 2.15. The van der Waals surface area contributed by atoms with Gasteiger partial charge in [-0.05, 0) is 31.8 Å². The molecule has 0 amide bonds. The molecule has 2 aliphatic heterocycles. The lowest BCUT2D eigenvalue weighted by Gasteiger charge is -2.30. The molecule has 2 saturated heterocycles. The van der Waals surface area contributed by atoms with E-state index in [0.29, 0.717) is 0 Å². The van der Waals surface area contributed by atoms with Gasteiger partial charge in [0.05, 0.1) is 11.2 Å². The highest BCUT2D eigenvalue weighted by Crippen LogP contribution is 2.38. The minimum atomic E-state index is -0.719. The molecule has 3 atom stereocenters. The van der Waals surface area contributed by atoms with E-state index < -0.39 is 24.1 Å². The molecule has 0 aromatic heterocycles. The number of hydrogen-bond acceptors (Lipinski definition) is 6. The predicted octanol–water partition coefficient (Wildman–Crippen LogP) is 1.06. The van der Waals surface area contributed by atoms with Crippen LogP contribution in [0.2, 0.25) is 0 Å². The molecular formula is C11H20O4S2. The van der Waals surface area contributed by atoms with Gasteiger partial charge in [0.2, 0.25) is 0 Å². The van der Waals surface area contributed by atoms with Crippen molar-refractivity contribution in [2.45, 2.75) is 48.9 Å². The van der Waals surface area contributed by atoms with E-state index in [-0.39, 0.29) is 11.2 Å². The zero-order chi connectivity index (χ0) is 12.5. The van der Waals surface area contributed by atoms with Crippen LogP contribution < -0.4 is 0 Å². The van der Waals surface area contributed by atoms with Gasteiger partial charge in [0.25, 0.3) is 0 Å². The third kappa shape index (κ3) is 3.30. The summed E-state index contributed by atoms with van der Waals surface area (Å²) in [5, 5.41) is 19.6. The first kappa shape index (κ1) is 14.0. The Bertz CT molecular complexity index is 256. The zero-order valence-corrected chi connectivity index (χ0v) is 11.8. The third-order valence-corrected chi connectivity index (χ3v) is 5.95. The van der Waals surface area contributed by atoms with Gasteiger partial charge >= 0.3 is 0 Å². The van der Waals surface area contributed by atoms with Crippen molar-refractivity contribution in [1.29, 1.82) is 0 Å². The van der Waals surface area contributed by atoms with Crippen molar-refractivity contribution in [1.82, 2.24) is 0 Å². The number of aliphatic hydroxyl groups is 2. The summed E-state index contributed by atoms with van der Waals surface area (Å²) in [6.45, 7) is 3.50. The van der Waals surface area contributed by atoms with E-state index >= 15 is 0 Å². The lowest BCUT2D eigenvalue weighted by atomic mass is 10.1. The lowest BCUT2D eigenvalue weighted by molar-refractivity contribution is -0.156. The SMILES string of the molecule is CC1(C)O[C@@H]([C@H](O)C2SCCCS2)[C@@H](CO)O1. The summed E-state index contributed by atoms with van der Waals surface area (Å²) >= 11 is 3.53. The molecule has 0 unspecified atom stereocenters. The van der Waals surface area contributed by atoms with Crippen LogP contribution in [0.1, 0.15) is 20.3 Å². The van der Waals surface area contributed by atoms with E-state index in [4.69, 9.17) is 9.47 Å². The smallest absolute Gasteiger partial charge is 0.164 e. The summed E-state index contributed by atoms with van der Waals surface area (Å²) in [7, 11) is 0. The van der Waals surface area contributed by atoms with Gasteiger partial charge in [-0.1, -0.05) is 0 Å². The van der Waals surface area contributed by atoms with Crippen molar-refractivity contribution >= 4 is 23.5 Å². The van der Waals surface area contributed by atoms with Crippen LogP contribution in [0.5, 0.6) is 0 Å². The Labute approximate surface area is 110 Å². The Hall–Kier alpha value is 0.540. The maximum absolute atomic E-state index is 10.3. The Kier molecular flexibility index (Phi) is 4.66. The topological polar surface area (TPSA) is 58.9 Å². The Morgan fingerprint density at radius 3 is 2.53 bits per heavy atom. The van der Waals surface area contributed by atoms with E-state index in [9.17, 15) is 10.2 Å². The minimum absolute atomic E-state index is 0.118. The highest BCUT2D eigenvalue weighted by atomic mass is 32.2. The van der Waals surface area contributed by atoms with Crippen molar-refractivity contribution in [2.24, 2.45) is 0 Å². The van der Waals surface area contributed by atoms with Crippen LogP contribution in [0.4, 0.5) is 0 Å². The highest BCUT2D eigenvalue weighted by molar-refractivity contribution is 8.17. The molecule has 0 aliphatic carbocycles. The van der Waals surface area contributed by atoms with Crippen LogP contribution in [0.25, 0.3) is 0 Å². The van der Waals surface area contributed by atoms with Crippen LogP contribution in [0.15, 0.2) is 0 Å². The molecule has 2 fully saturated rings. The summed E-state index contributed by atoms with van der Waals surface area (Å²) < 4.78 is 11.4. The second-order valence-corrected chi connectivity index (χ2v) is 7.57. The molecule has 0 radical (unpaired) electrons. The minimum Gasteiger partial charge on any atom is -0.394 e. The molecule has 17 heavy (non-hydrogen) atoms. The van der Waals surface area contributed by atoms with Crippen LogP contribution >= 0.6 is 23.5 Å². The van der Waals surface area contributed by atoms with Crippen molar-refractivity contribution < 1.29 is 19.7 Å². The number of thioether (sulfide) groups is 2. The average Bonchev–Trinajstić information content (AvgIpc) is 2.65. The number of rotatable bonds is 3. The summed E-state index contributed by atoms with van der Waals surface area (Å²) in [6.07, 6.45) is -0.263. The Morgan fingerprint density at radius 2 is 1.94 bits per heavy atom. The van der Waals surface area contributed by atoms with E-state index in [1.165, 1.54) is 6.42 Å². The van der Waals surface area contributed by atoms with Crippen LogP contribution in [0, 0.1) is 0 Å². The quantitative estimate of drug-likeness (QED) is 0.806. The predicted molar refractivity (Wildman–Crippen MR) is 70.2 cm³/mol. The molecule has 0 spiro atoms. The largest absolute Gasteiger partial charge is 0.394 e. The molecule has 0 aromatic rings. The summed E-state index contributed by atoms with van der Waals surface area (Å²) in [6, 6.07) is 0. The molecule has 2 N–H and O–H groups in total. The van der Waals surface area contributed by atoms with Crippen molar-refractivity contribution in [3.05, 3.63) is 0 Å². The third-order valence-electron chi connectivity index (χ3n) is 2.87. The Morgan fingerprint density at radius 1 is 1.29 bits per heavy atom. The standard InChI is InChI=1S/C11H20O4S2/c1-11(2)14-7(6-12)9(15-11)8(13)10-16-4-3-5-17-10/h7-10,12-13H,3-6H2,1-2H3/t7-,8+,9-/m1/s1. The molecule has 0 aromatic carbocycles. The maximum atomic E-state index is 10.3. The van der Waals surface area contributed by atoms with Gasteiger partial charge in [0.1, 0.15) is 18.3 Å². The van der Waals surface area contributed by atoms with E-state index in [1.54, 1.807) is 23.5 Å². The van der Waals surface area contributed by atoms with Crippen molar-refractivity contribution in [2.75, 3.05) is 18.1 Å². The first-order chi connectivity index (χ1) is 8.03. The van der Waals surface area contributed by atoms with Gasteiger partial charge in [-0.25, -0.2) is 0 Å². The molecule has 100 valence electrons. The second-order valence-electron chi connectivity index (χ2n) is 4.78. The lowest BCUT2D eigenvalue weighted by Crippen LogP contribution is -2.43. The normalized spacial score (nSPS) is 36.0. The van der Waals surface area contributed by atoms with Crippen LogP contribution in [0.3, 0.4) is 0 Å². The fourth-order valence-corrected chi connectivity index (χ4v) is 5.09. The molecule has 6 heteroatoms. The molecule has 2 heterocycles. The van der Waals surface area contributed by atoms with E-state index in [0.717, 1.165) is 11.5 Å². The summed E-state index contributed by atoms with van der Waals surface area (Å²) in [5.74, 6) is 1.44. The summed E-state index contributed by atoms with van der Waals surface area (Å²) in [4.78, 5) is 0.